The lowest BCUT2D eigenvalue weighted by Crippen LogP contribution is -2.42. The van der Waals surface area contributed by atoms with E-state index in [0.29, 0.717) is 6.42 Å². The Morgan fingerprint density at radius 1 is 1.45 bits per heavy atom. The van der Waals surface area contributed by atoms with Crippen molar-refractivity contribution >= 4 is 0 Å². The summed E-state index contributed by atoms with van der Waals surface area (Å²) in [5, 5.41) is 9.68. The molecular weight excluding hydrogens is 262 g/mol. The van der Waals surface area contributed by atoms with Crippen LogP contribution in [0.5, 0.6) is 0 Å². The average Bonchev–Trinajstić information content (AvgIpc) is 2.43. The van der Waals surface area contributed by atoms with Crippen molar-refractivity contribution in [1.82, 2.24) is 4.90 Å². The zero-order valence-corrected chi connectivity index (χ0v) is 11.7. The van der Waals surface area contributed by atoms with Crippen LogP contribution in [0.25, 0.3) is 0 Å². The van der Waals surface area contributed by atoms with E-state index in [0.717, 1.165) is 32.1 Å². The molecule has 0 saturated carbocycles. The minimum atomic E-state index is -0.854. The van der Waals surface area contributed by atoms with Crippen LogP contribution < -0.4 is 5.73 Å². The molecule has 1 heterocycles. The number of likely N-dealkylation sites (tertiary alicyclic amines) is 1. The van der Waals surface area contributed by atoms with Crippen molar-refractivity contribution in [2.24, 2.45) is 11.7 Å². The second kappa shape index (κ2) is 6.61. The Morgan fingerprint density at radius 3 is 2.90 bits per heavy atom. The summed E-state index contributed by atoms with van der Waals surface area (Å²) in [5.41, 5.74) is 6.19. The smallest absolute Gasteiger partial charge is 0.163 e. The third kappa shape index (κ3) is 3.53. The number of hydrogen-bond donors (Lipinski definition) is 2. The molecule has 3 atom stereocenters. The van der Waals surface area contributed by atoms with Crippen molar-refractivity contribution in [2.45, 2.75) is 31.9 Å². The van der Waals surface area contributed by atoms with Gasteiger partial charge in [-0.15, -0.1) is 0 Å². The molecule has 112 valence electrons. The Morgan fingerprint density at radius 2 is 2.20 bits per heavy atom. The maximum atomic E-state index is 13.6. The molecule has 1 aromatic carbocycles. The van der Waals surface area contributed by atoms with E-state index in [1.165, 1.54) is 12.1 Å². The lowest BCUT2D eigenvalue weighted by Gasteiger charge is -2.34. The molecule has 2 rings (SSSR count). The molecule has 5 heteroatoms. The normalized spacial score (nSPS) is 25.6. The van der Waals surface area contributed by atoms with Crippen LogP contribution in [0, 0.1) is 17.6 Å². The number of hydrogen-bond acceptors (Lipinski definition) is 3. The van der Waals surface area contributed by atoms with Crippen molar-refractivity contribution in [3.63, 3.8) is 0 Å². The van der Waals surface area contributed by atoms with Crippen LogP contribution in [0.15, 0.2) is 18.2 Å². The number of halogens is 2. The molecule has 3 nitrogen and oxygen atoms in total. The molecule has 0 aliphatic carbocycles. The van der Waals surface area contributed by atoms with Gasteiger partial charge in [-0.1, -0.05) is 19.1 Å². The maximum Gasteiger partial charge on any atom is 0.163 e. The molecule has 3 unspecified atom stereocenters. The van der Waals surface area contributed by atoms with Crippen LogP contribution >= 0.6 is 0 Å². The van der Waals surface area contributed by atoms with Crippen LogP contribution in [-0.4, -0.2) is 35.7 Å². The molecule has 1 saturated heterocycles. The van der Waals surface area contributed by atoms with Crippen molar-refractivity contribution < 1.29 is 13.9 Å². The van der Waals surface area contributed by atoms with Crippen LogP contribution in [0.1, 0.15) is 31.4 Å². The first-order valence-corrected chi connectivity index (χ1v) is 7.09. The van der Waals surface area contributed by atoms with Gasteiger partial charge in [-0.2, -0.15) is 0 Å². The van der Waals surface area contributed by atoms with Gasteiger partial charge >= 0.3 is 0 Å². The summed E-state index contributed by atoms with van der Waals surface area (Å²) in [4.78, 5) is 2.22. The zero-order chi connectivity index (χ0) is 14.7. The summed E-state index contributed by atoms with van der Waals surface area (Å²) in [5.74, 6) is -1.46. The fourth-order valence-corrected chi connectivity index (χ4v) is 2.71. The van der Waals surface area contributed by atoms with Crippen LogP contribution in [-0.2, 0) is 0 Å². The number of nitrogens with zero attached hydrogens (tertiary/aromatic N) is 1. The van der Waals surface area contributed by atoms with E-state index in [1.54, 1.807) is 0 Å². The predicted octanol–water partition coefficient (Wildman–Crippen LogP) is 2.06. The van der Waals surface area contributed by atoms with Gasteiger partial charge in [0.05, 0.1) is 6.10 Å². The van der Waals surface area contributed by atoms with Gasteiger partial charge < -0.3 is 15.7 Å². The summed E-state index contributed by atoms with van der Waals surface area (Å²) < 4.78 is 26.8. The van der Waals surface area contributed by atoms with E-state index in [-0.39, 0.29) is 17.6 Å². The van der Waals surface area contributed by atoms with Crippen molar-refractivity contribution in [2.75, 3.05) is 19.6 Å². The second-order valence-electron chi connectivity index (χ2n) is 5.67. The van der Waals surface area contributed by atoms with Crippen LogP contribution in [0.3, 0.4) is 0 Å². The van der Waals surface area contributed by atoms with Crippen LogP contribution in [0.4, 0.5) is 8.78 Å². The molecule has 1 aromatic rings. The zero-order valence-electron chi connectivity index (χ0n) is 11.7. The van der Waals surface area contributed by atoms with Crippen molar-refractivity contribution in [1.29, 1.82) is 0 Å². The van der Waals surface area contributed by atoms with E-state index in [9.17, 15) is 13.9 Å². The minimum Gasteiger partial charge on any atom is -0.393 e. The minimum absolute atomic E-state index is 0.232. The molecule has 1 aliphatic rings. The standard InChI is InChI=1S/C15H22F2N2O/c1-10-9-19(8-6-14(10)20)7-5-13(18)11-3-2-4-12(16)15(11)17/h2-4,10,13-14,20H,5-9,18H2,1H3. The Balaban J connectivity index is 1.89. The Kier molecular flexibility index (Phi) is 5.07. The molecular formula is C15H22F2N2O. The van der Waals surface area contributed by atoms with Gasteiger partial charge in [0.25, 0.3) is 0 Å². The first-order chi connectivity index (χ1) is 9.49. The molecule has 20 heavy (non-hydrogen) atoms. The third-order valence-corrected chi connectivity index (χ3v) is 4.08. The highest BCUT2D eigenvalue weighted by Gasteiger charge is 2.24. The van der Waals surface area contributed by atoms with Gasteiger partial charge in [-0.25, -0.2) is 8.78 Å². The van der Waals surface area contributed by atoms with E-state index < -0.39 is 17.7 Å². The second-order valence-corrected chi connectivity index (χ2v) is 5.67. The molecule has 0 bridgehead atoms. The molecule has 3 N–H and O–H groups in total. The Labute approximate surface area is 118 Å². The number of piperidine rings is 1. The van der Waals surface area contributed by atoms with E-state index in [2.05, 4.69) is 4.90 Å². The first-order valence-electron chi connectivity index (χ1n) is 7.09. The molecule has 0 aromatic heterocycles. The van der Waals surface area contributed by atoms with Crippen molar-refractivity contribution in [3.05, 3.63) is 35.4 Å². The van der Waals surface area contributed by atoms with Gasteiger partial charge in [0.2, 0.25) is 0 Å². The summed E-state index contributed by atoms with van der Waals surface area (Å²) >= 11 is 0. The quantitative estimate of drug-likeness (QED) is 0.890. The van der Waals surface area contributed by atoms with E-state index in [1.807, 2.05) is 6.92 Å². The number of rotatable bonds is 4. The fraction of sp³-hybridized carbons (Fsp3) is 0.600. The molecule has 0 amide bonds. The van der Waals surface area contributed by atoms with Gasteiger partial charge in [-0.3, -0.25) is 0 Å². The SMILES string of the molecule is CC1CN(CCC(N)c2cccc(F)c2F)CCC1O. The number of nitrogens with two attached hydrogens (primary N) is 1. The lowest BCUT2D eigenvalue weighted by molar-refractivity contribution is 0.0341. The maximum absolute atomic E-state index is 13.6. The Hall–Kier alpha value is -1.04. The molecule has 1 fully saturated rings. The summed E-state index contributed by atoms with van der Waals surface area (Å²) in [7, 11) is 0. The summed E-state index contributed by atoms with van der Waals surface area (Å²) in [6, 6.07) is 3.60. The highest BCUT2D eigenvalue weighted by Crippen LogP contribution is 2.22. The summed E-state index contributed by atoms with van der Waals surface area (Å²) in [6.45, 7) is 4.39. The van der Waals surface area contributed by atoms with Crippen molar-refractivity contribution in [3.8, 4) is 0 Å². The topological polar surface area (TPSA) is 49.5 Å². The largest absolute Gasteiger partial charge is 0.393 e. The summed E-state index contributed by atoms with van der Waals surface area (Å²) in [6.07, 6.45) is 1.09. The molecule has 0 spiro atoms. The highest BCUT2D eigenvalue weighted by atomic mass is 19.2. The highest BCUT2D eigenvalue weighted by molar-refractivity contribution is 5.22. The van der Waals surface area contributed by atoms with Gasteiger partial charge in [0.15, 0.2) is 11.6 Å². The molecule has 0 radical (unpaired) electrons. The van der Waals surface area contributed by atoms with Gasteiger partial charge in [0.1, 0.15) is 0 Å². The number of aliphatic hydroxyl groups is 1. The molecule has 1 aliphatic heterocycles. The lowest BCUT2D eigenvalue weighted by atomic mass is 9.96. The number of aliphatic hydroxyl groups excluding tert-OH is 1. The van der Waals surface area contributed by atoms with E-state index in [4.69, 9.17) is 5.73 Å². The fourth-order valence-electron chi connectivity index (χ4n) is 2.71. The Bertz CT molecular complexity index is 455. The predicted molar refractivity (Wildman–Crippen MR) is 74.1 cm³/mol. The monoisotopic (exact) mass is 284 g/mol. The third-order valence-electron chi connectivity index (χ3n) is 4.08. The number of benzene rings is 1. The first kappa shape index (κ1) is 15.4. The van der Waals surface area contributed by atoms with Gasteiger partial charge in [0, 0.05) is 24.7 Å². The van der Waals surface area contributed by atoms with Gasteiger partial charge in [-0.05, 0) is 31.4 Å². The van der Waals surface area contributed by atoms with E-state index >= 15 is 0 Å². The average molecular weight is 284 g/mol. The van der Waals surface area contributed by atoms with Crippen LogP contribution in [0.2, 0.25) is 0 Å².